The number of amides is 1. The van der Waals surface area contributed by atoms with Crippen LogP contribution in [0.25, 0.3) is 11.3 Å². The first-order chi connectivity index (χ1) is 16.0. The number of nitrogens with zero attached hydrogens (tertiary/aromatic N) is 3. The lowest BCUT2D eigenvalue weighted by Gasteiger charge is -2.42. The molecule has 9 heteroatoms. The van der Waals surface area contributed by atoms with Crippen molar-refractivity contribution >= 4 is 29.2 Å². The Labute approximate surface area is 193 Å². The molecule has 2 aliphatic heterocycles. The average molecular weight is 471 g/mol. The van der Waals surface area contributed by atoms with Crippen molar-refractivity contribution in [2.24, 2.45) is 11.1 Å². The Bertz CT molecular complexity index is 1170. The molecule has 5 nitrogen and oxygen atoms in total. The number of rotatable bonds is 5. The largest absolute Gasteiger partial charge is 0.370 e. The van der Waals surface area contributed by atoms with Crippen LogP contribution in [0.15, 0.2) is 65.7 Å². The summed E-state index contributed by atoms with van der Waals surface area (Å²) < 4.78 is 41.7. The topological polar surface area (TPSA) is 62.5 Å². The summed E-state index contributed by atoms with van der Waals surface area (Å²) in [4.78, 5) is 20.9. The van der Waals surface area contributed by atoms with Crippen molar-refractivity contribution in [3.8, 4) is 11.3 Å². The summed E-state index contributed by atoms with van der Waals surface area (Å²) in [5.74, 6) is -1.33. The van der Waals surface area contributed by atoms with Gasteiger partial charge in [0.1, 0.15) is 11.9 Å². The zero-order valence-electron chi connectivity index (χ0n) is 17.5. The first kappa shape index (κ1) is 21.8. The van der Waals surface area contributed by atoms with Crippen LogP contribution in [0, 0.1) is 11.7 Å². The predicted molar refractivity (Wildman–Crippen MR) is 123 cm³/mol. The minimum Gasteiger partial charge on any atom is -0.370 e. The molecule has 2 aromatic carbocycles. The fourth-order valence-electron chi connectivity index (χ4n) is 4.46. The van der Waals surface area contributed by atoms with Gasteiger partial charge in [-0.15, -0.1) is 0 Å². The van der Waals surface area contributed by atoms with Gasteiger partial charge in [0.25, 0.3) is 6.43 Å². The highest BCUT2D eigenvalue weighted by Crippen LogP contribution is 2.40. The van der Waals surface area contributed by atoms with Crippen molar-refractivity contribution in [1.29, 1.82) is 0 Å². The molecular weight excluding hydrogens is 449 g/mol. The number of pyridine rings is 1. The quantitative estimate of drug-likeness (QED) is 0.556. The summed E-state index contributed by atoms with van der Waals surface area (Å²) in [5, 5.41) is 5.50. The Kier molecular flexibility index (Phi) is 5.76. The normalized spacial score (nSPS) is 17.9. The van der Waals surface area contributed by atoms with Gasteiger partial charge in [-0.1, -0.05) is 18.2 Å². The molecule has 3 heterocycles. The highest BCUT2D eigenvalue weighted by atomic mass is 32.2. The molecule has 1 aromatic heterocycles. The maximum Gasteiger partial charge on any atom is 0.259 e. The van der Waals surface area contributed by atoms with E-state index in [0.717, 1.165) is 21.8 Å². The third-order valence-corrected chi connectivity index (χ3v) is 6.80. The molecule has 2 N–H and O–H groups in total. The second kappa shape index (κ2) is 8.72. The van der Waals surface area contributed by atoms with Crippen molar-refractivity contribution in [3.63, 3.8) is 0 Å². The predicted octanol–water partition coefficient (Wildman–Crippen LogP) is 4.51. The van der Waals surface area contributed by atoms with E-state index >= 15 is 0 Å². The molecule has 2 aliphatic rings. The van der Waals surface area contributed by atoms with Gasteiger partial charge in [-0.05, 0) is 53.9 Å². The van der Waals surface area contributed by atoms with Gasteiger partial charge in [-0.25, -0.2) is 13.2 Å². The number of anilines is 2. The van der Waals surface area contributed by atoms with Gasteiger partial charge in [0.05, 0.1) is 16.5 Å². The standard InChI is InChI=1S/C24H21F3N4OS/c25-18-9-15-10-21(23(26)27)31(20(15)11-22(18)33-28)24(32)16-12-30(13-16)17-6-4-14(5-7-17)19-3-1-2-8-29-19/h1-9,11,16,21,23H,10,12-13,28H2. The molecule has 0 radical (unpaired) electrons. The Hall–Kier alpha value is -3.04. The van der Waals surface area contributed by atoms with Crippen molar-refractivity contribution in [2.45, 2.75) is 23.8 Å². The first-order valence-electron chi connectivity index (χ1n) is 10.5. The molecule has 0 bridgehead atoms. The highest BCUT2D eigenvalue weighted by molar-refractivity contribution is 7.97. The van der Waals surface area contributed by atoms with Gasteiger partial charge >= 0.3 is 0 Å². The minimum atomic E-state index is -2.73. The lowest BCUT2D eigenvalue weighted by atomic mass is 9.96. The van der Waals surface area contributed by atoms with Gasteiger partial charge in [0.2, 0.25) is 5.91 Å². The van der Waals surface area contributed by atoms with Crippen LogP contribution in [0.1, 0.15) is 5.56 Å². The number of carbonyl (C=O) groups excluding carboxylic acids is 1. The maximum atomic E-state index is 14.1. The Morgan fingerprint density at radius 1 is 1.12 bits per heavy atom. The molecule has 1 unspecified atom stereocenters. The monoisotopic (exact) mass is 470 g/mol. The Morgan fingerprint density at radius 2 is 1.88 bits per heavy atom. The number of nitrogens with two attached hydrogens (primary N) is 1. The van der Waals surface area contributed by atoms with E-state index in [4.69, 9.17) is 5.14 Å². The summed E-state index contributed by atoms with van der Waals surface area (Å²) in [7, 11) is 0. The molecule has 3 aromatic rings. The van der Waals surface area contributed by atoms with E-state index in [0.29, 0.717) is 36.3 Å². The summed E-state index contributed by atoms with van der Waals surface area (Å²) in [6.07, 6.45) is -1.06. The second-order valence-corrected chi connectivity index (χ2v) is 8.88. The van der Waals surface area contributed by atoms with E-state index in [-0.39, 0.29) is 17.2 Å². The van der Waals surface area contributed by atoms with Gasteiger partial charge in [0, 0.05) is 42.6 Å². The number of aromatic nitrogens is 1. The van der Waals surface area contributed by atoms with Crippen LogP contribution in [0.3, 0.4) is 0 Å². The first-order valence-corrected chi connectivity index (χ1v) is 11.4. The molecule has 1 saturated heterocycles. The van der Waals surface area contributed by atoms with E-state index in [2.05, 4.69) is 4.98 Å². The highest BCUT2D eigenvalue weighted by Gasteiger charge is 2.45. The summed E-state index contributed by atoms with van der Waals surface area (Å²) in [6.45, 7) is 0.868. The van der Waals surface area contributed by atoms with Crippen LogP contribution in [-0.4, -0.2) is 36.4 Å². The zero-order valence-corrected chi connectivity index (χ0v) is 18.3. The lowest BCUT2D eigenvalue weighted by Crippen LogP contribution is -2.57. The molecule has 170 valence electrons. The fourth-order valence-corrected chi connectivity index (χ4v) is 4.81. The van der Waals surface area contributed by atoms with Crippen LogP contribution >= 0.6 is 11.9 Å². The van der Waals surface area contributed by atoms with Crippen LogP contribution in [0.5, 0.6) is 0 Å². The van der Waals surface area contributed by atoms with Crippen molar-refractivity contribution < 1.29 is 18.0 Å². The summed E-state index contributed by atoms with van der Waals surface area (Å²) in [5.41, 5.74) is 3.55. The van der Waals surface area contributed by atoms with Gasteiger partial charge in [0.15, 0.2) is 0 Å². The molecule has 1 atom stereocenters. The number of hydrogen-bond acceptors (Lipinski definition) is 5. The molecule has 33 heavy (non-hydrogen) atoms. The van der Waals surface area contributed by atoms with Crippen molar-refractivity contribution in [2.75, 3.05) is 22.9 Å². The number of halogens is 3. The van der Waals surface area contributed by atoms with Crippen molar-refractivity contribution in [3.05, 3.63) is 72.2 Å². The Morgan fingerprint density at radius 3 is 2.52 bits per heavy atom. The van der Waals surface area contributed by atoms with E-state index in [9.17, 15) is 18.0 Å². The molecule has 1 amide bonds. The van der Waals surface area contributed by atoms with Gasteiger partial charge in [-0.3, -0.25) is 14.9 Å². The number of carbonyl (C=O) groups is 1. The number of alkyl halides is 2. The third kappa shape index (κ3) is 3.95. The Balaban J connectivity index is 1.31. The maximum absolute atomic E-state index is 14.1. The van der Waals surface area contributed by atoms with Gasteiger partial charge < -0.3 is 9.80 Å². The lowest BCUT2D eigenvalue weighted by molar-refractivity contribution is -0.124. The summed E-state index contributed by atoms with van der Waals surface area (Å²) in [6, 6.07) is 14.9. The van der Waals surface area contributed by atoms with E-state index < -0.39 is 24.2 Å². The zero-order chi connectivity index (χ0) is 23.1. The smallest absolute Gasteiger partial charge is 0.259 e. The second-order valence-electron chi connectivity index (χ2n) is 8.21. The third-order valence-electron chi connectivity index (χ3n) is 6.23. The number of benzene rings is 2. The van der Waals surface area contributed by atoms with Crippen LogP contribution in [0.2, 0.25) is 0 Å². The van der Waals surface area contributed by atoms with Crippen LogP contribution in [0.4, 0.5) is 24.5 Å². The van der Waals surface area contributed by atoms with Crippen LogP contribution < -0.4 is 14.9 Å². The molecular formula is C24H21F3N4OS. The average Bonchev–Trinajstić information content (AvgIpc) is 3.17. The molecule has 0 spiro atoms. The number of hydrogen-bond donors (Lipinski definition) is 1. The fraction of sp³-hybridized carbons (Fsp3) is 0.250. The molecule has 1 fully saturated rings. The number of fused-ring (bicyclic) bond motifs is 1. The SMILES string of the molecule is NSc1cc2c(cc1F)CC(C(F)F)N2C(=O)C1CN(c2ccc(-c3ccccn3)cc2)C1. The van der Waals surface area contributed by atoms with Crippen LogP contribution in [-0.2, 0) is 11.2 Å². The minimum absolute atomic E-state index is 0.0728. The van der Waals surface area contributed by atoms with E-state index in [1.54, 1.807) is 6.20 Å². The summed E-state index contributed by atoms with van der Waals surface area (Å²) >= 11 is 0.697. The van der Waals surface area contributed by atoms with Crippen molar-refractivity contribution in [1.82, 2.24) is 4.98 Å². The molecule has 0 saturated carbocycles. The van der Waals surface area contributed by atoms with E-state index in [1.807, 2.05) is 47.4 Å². The molecule has 0 aliphatic carbocycles. The molecule has 5 rings (SSSR count). The van der Waals surface area contributed by atoms with E-state index in [1.165, 1.54) is 12.1 Å². The van der Waals surface area contributed by atoms with Gasteiger partial charge in [-0.2, -0.15) is 0 Å².